The van der Waals surface area contributed by atoms with Crippen molar-refractivity contribution in [1.29, 1.82) is 0 Å². The summed E-state index contributed by atoms with van der Waals surface area (Å²) in [5.74, 6) is -0.417. The van der Waals surface area contributed by atoms with Crippen LogP contribution in [-0.2, 0) is 9.53 Å². The Morgan fingerprint density at radius 3 is 2.53 bits per heavy atom. The Balaban J connectivity index is 0.00000256. The number of rotatable bonds is 3. The minimum atomic E-state index is -0.587. The van der Waals surface area contributed by atoms with Gasteiger partial charge < -0.3 is 10.5 Å². The molecule has 0 heterocycles. The molecule has 17 heavy (non-hydrogen) atoms. The van der Waals surface area contributed by atoms with Crippen molar-refractivity contribution < 1.29 is 9.53 Å². The molecule has 1 aromatic rings. The molecule has 0 aliphatic heterocycles. The first-order valence-corrected chi connectivity index (χ1v) is 5.56. The van der Waals surface area contributed by atoms with Crippen LogP contribution >= 0.6 is 47.2 Å². The fourth-order valence-corrected chi connectivity index (χ4v) is 1.98. The van der Waals surface area contributed by atoms with Gasteiger partial charge in [0, 0.05) is 11.1 Å². The van der Waals surface area contributed by atoms with Crippen molar-refractivity contribution in [2.24, 2.45) is 5.73 Å². The van der Waals surface area contributed by atoms with Gasteiger partial charge in [-0.15, -0.1) is 12.4 Å². The lowest BCUT2D eigenvalue weighted by molar-refractivity contribution is -0.141. The second-order valence-electron chi connectivity index (χ2n) is 3.18. The van der Waals surface area contributed by atoms with Crippen molar-refractivity contribution >= 4 is 53.2 Å². The molecule has 0 fully saturated rings. The highest BCUT2D eigenvalue weighted by Gasteiger charge is 2.17. The molecule has 0 saturated heterocycles. The van der Waals surface area contributed by atoms with Crippen LogP contribution in [-0.4, -0.2) is 13.1 Å². The number of ether oxygens (including phenoxy) is 1. The van der Waals surface area contributed by atoms with Gasteiger partial charge in [-0.25, -0.2) is 0 Å². The zero-order valence-corrected chi connectivity index (χ0v) is 12.0. The lowest BCUT2D eigenvalue weighted by Crippen LogP contribution is -2.16. The number of esters is 1. The number of halogens is 4. The number of hydrogen-bond donors (Lipinski definition) is 1. The van der Waals surface area contributed by atoms with E-state index >= 15 is 0 Å². The predicted molar refractivity (Wildman–Crippen MR) is 72.3 cm³/mol. The van der Waals surface area contributed by atoms with Crippen LogP contribution in [0.4, 0.5) is 0 Å². The van der Waals surface area contributed by atoms with Crippen molar-refractivity contribution in [3.8, 4) is 0 Å². The van der Waals surface area contributed by atoms with E-state index in [4.69, 9.17) is 40.5 Å². The molecule has 0 radical (unpaired) electrons. The van der Waals surface area contributed by atoms with E-state index in [0.717, 1.165) is 0 Å². The van der Waals surface area contributed by atoms with E-state index < -0.39 is 12.0 Å². The van der Waals surface area contributed by atoms with Crippen LogP contribution in [0.5, 0.6) is 0 Å². The molecule has 2 N–H and O–H groups in total. The summed E-state index contributed by atoms with van der Waals surface area (Å²) in [4.78, 5) is 11.1. The van der Waals surface area contributed by atoms with Gasteiger partial charge in [0.1, 0.15) is 0 Å². The molecule has 1 atom stereocenters. The summed E-state index contributed by atoms with van der Waals surface area (Å²) in [7, 11) is 1.29. The average Bonchev–Trinajstić information content (AvgIpc) is 2.22. The average molecular weight is 319 g/mol. The summed E-state index contributed by atoms with van der Waals surface area (Å²) >= 11 is 17.6. The van der Waals surface area contributed by atoms with Gasteiger partial charge >= 0.3 is 5.97 Å². The molecule has 3 nitrogen and oxygen atoms in total. The normalized spacial score (nSPS) is 11.6. The van der Waals surface area contributed by atoms with E-state index in [-0.39, 0.29) is 18.8 Å². The minimum Gasteiger partial charge on any atom is -0.469 e. The standard InChI is InChI=1S/C10H10Cl3NO2.ClH/c1-16-9(15)4-8(14)6-2-5(11)3-7(12)10(6)13;/h2-3,8H,4,14H2,1H3;1H/t8-;/m0./s1. The molecule has 0 aromatic heterocycles. The van der Waals surface area contributed by atoms with Gasteiger partial charge in [0.25, 0.3) is 0 Å². The van der Waals surface area contributed by atoms with E-state index in [1.807, 2.05) is 0 Å². The molecular formula is C10H11Cl4NO2. The summed E-state index contributed by atoms with van der Waals surface area (Å²) in [5, 5.41) is 1.04. The molecule has 0 unspecified atom stereocenters. The Kier molecular flexibility index (Phi) is 7.21. The molecule has 7 heteroatoms. The third-order valence-electron chi connectivity index (χ3n) is 2.03. The Bertz CT molecular complexity index is 412. The number of methoxy groups -OCH3 is 1. The number of carbonyl (C=O) groups is 1. The Labute approximate surface area is 121 Å². The highest BCUT2D eigenvalue weighted by Crippen LogP contribution is 2.33. The summed E-state index contributed by atoms with van der Waals surface area (Å²) < 4.78 is 4.51. The van der Waals surface area contributed by atoms with Gasteiger partial charge in [0.15, 0.2) is 0 Å². The van der Waals surface area contributed by atoms with Crippen molar-refractivity contribution in [2.75, 3.05) is 7.11 Å². The van der Waals surface area contributed by atoms with Crippen LogP contribution in [0.15, 0.2) is 12.1 Å². The molecular weight excluding hydrogens is 308 g/mol. The molecule has 0 aliphatic rings. The summed E-state index contributed by atoms with van der Waals surface area (Å²) in [6.45, 7) is 0. The second kappa shape index (κ2) is 7.29. The van der Waals surface area contributed by atoms with Crippen LogP contribution in [0.2, 0.25) is 15.1 Å². The minimum absolute atomic E-state index is 0. The van der Waals surface area contributed by atoms with Gasteiger partial charge in [-0.2, -0.15) is 0 Å². The summed E-state index contributed by atoms with van der Waals surface area (Å²) in [6.07, 6.45) is 0.0207. The molecule has 0 amide bonds. The lowest BCUT2D eigenvalue weighted by atomic mass is 10.0. The first-order valence-electron chi connectivity index (χ1n) is 4.42. The van der Waals surface area contributed by atoms with Crippen molar-refractivity contribution in [3.63, 3.8) is 0 Å². The van der Waals surface area contributed by atoms with Crippen LogP contribution in [0.25, 0.3) is 0 Å². The monoisotopic (exact) mass is 317 g/mol. The lowest BCUT2D eigenvalue weighted by Gasteiger charge is -2.13. The predicted octanol–water partition coefficient (Wildman–Crippen LogP) is 3.63. The Morgan fingerprint density at radius 1 is 1.41 bits per heavy atom. The smallest absolute Gasteiger partial charge is 0.307 e. The molecule has 0 saturated carbocycles. The van der Waals surface area contributed by atoms with E-state index in [1.165, 1.54) is 13.2 Å². The first-order chi connectivity index (χ1) is 7.45. The quantitative estimate of drug-likeness (QED) is 0.684. The van der Waals surface area contributed by atoms with E-state index in [0.29, 0.717) is 20.6 Å². The zero-order chi connectivity index (χ0) is 12.3. The first kappa shape index (κ1) is 16.8. The topological polar surface area (TPSA) is 52.3 Å². The van der Waals surface area contributed by atoms with Crippen LogP contribution in [0, 0.1) is 0 Å². The van der Waals surface area contributed by atoms with Gasteiger partial charge in [-0.05, 0) is 17.7 Å². The van der Waals surface area contributed by atoms with Crippen molar-refractivity contribution in [3.05, 3.63) is 32.8 Å². The molecule has 0 aliphatic carbocycles. The van der Waals surface area contributed by atoms with Crippen LogP contribution in [0.3, 0.4) is 0 Å². The number of carbonyl (C=O) groups excluding carboxylic acids is 1. The fraction of sp³-hybridized carbons (Fsp3) is 0.300. The maximum atomic E-state index is 11.1. The van der Waals surface area contributed by atoms with E-state index in [9.17, 15) is 4.79 Å². The van der Waals surface area contributed by atoms with Gasteiger partial charge in [0.05, 0.1) is 23.6 Å². The third-order valence-corrected chi connectivity index (χ3v) is 3.07. The fourth-order valence-electron chi connectivity index (χ4n) is 1.22. The summed E-state index contributed by atoms with van der Waals surface area (Å²) in [6, 6.07) is 2.51. The zero-order valence-electron chi connectivity index (χ0n) is 8.88. The molecule has 0 bridgehead atoms. The van der Waals surface area contributed by atoms with Gasteiger partial charge in [0.2, 0.25) is 0 Å². The maximum absolute atomic E-state index is 11.1. The number of nitrogens with two attached hydrogens (primary N) is 1. The largest absolute Gasteiger partial charge is 0.469 e. The number of benzene rings is 1. The second-order valence-corrected chi connectivity index (χ2v) is 4.40. The highest BCUT2D eigenvalue weighted by atomic mass is 35.5. The van der Waals surface area contributed by atoms with E-state index in [2.05, 4.69) is 4.74 Å². The van der Waals surface area contributed by atoms with Crippen LogP contribution in [0.1, 0.15) is 18.0 Å². The van der Waals surface area contributed by atoms with Crippen molar-refractivity contribution in [1.82, 2.24) is 0 Å². The maximum Gasteiger partial charge on any atom is 0.307 e. The summed E-state index contributed by atoms with van der Waals surface area (Å²) in [5.41, 5.74) is 6.34. The molecule has 1 rings (SSSR count). The Morgan fingerprint density at radius 2 is 2.00 bits per heavy atom. The van der Waals surface area contributed by atoms with Gasteiger partial charge in [-0.3, -0.25) is 4.79 Å². The van der Waals surface area contributed by atoms with E-state index in [1.54, 1.807) is 6.07 Å². The molecule has 1 aromatic carbocycles. The van der Waals surface area contributed by atoms with Crippen LogP contribution < -0.4 is 5.73 Å². The third kappa shape index (κ3) is 4.53. The molecule has 0 spiro atoms. The Hall–Kier alpha value is -0.190. The SMILES string of the molecule is COC(=O)C[C@H](N)c1cc(Cl)cc(Cl)c1Cl.Cl. The highest BCUT2D eigenvalue weighted by molar-refractivity contribution is 6.43. The van der Waals surface area contributed by atoms with Crippen molar-refractivity contribution in [2.45, 2.75) is 12.5 Å². The molecule has 96 valence electrons. The van der Waals surface area contributed by atoms with Gasteiger partial charge in [-0.1, -0.05) is 34.8 Å². The number of hydrogen-bond acceptors (Lipinski definition) is 3.